The molecule has 0 aromatic heterocycles. The first-order valence-corrected chi connectivity index (χ1v) is 6.45. The molecule has 0 bridgehead atoms. The minimum absolute atomic E-state index is 0.209. The lowest BCUT2D eigenvalue weighted by Gasteiger charge is -2.15. The van der Waals surface area contributed by atoms with Crippen LogP contribution in [0.1, 0.15) is 18.4 Å². The fourth-order valence-electron chi connectivity index (χ4n) is 1.56. The van der Waals surface area contributed by atoms with Crippen molar-refractivity contribution < 1.29 is 24.6 Å². The molecule has 8 heteroatoms. The highest BCUT2D eigenvalue weighted by molar-refractivity contribution is 6.33. The molecule has 0 fully saturated rings. The highest BCUT2D eigenvalue weighted by atomic mass is 35.5. The first kappa shape index (κ1) is 16.8. The molecule has 1 aromatic carbocycles. The van der Waals surface area contributed by atoms with Crippen molar-refractivity contribution in [1.29, 1.82) is 0 Å². The highest BCUT2D eigenvalue weighted by Gasteiger charge is 2.21. The van der Waals surface area contributed by atoms with Crippen molar-refractivity contribution in [3.05, 3.63) is 28.8 Å². The lowest BCUT2D eigenvalue weighted by molar-refractivity contribution is -0.140. The van der Waals surface area contributed by atoms with E-state index in [1.54, 1.807) is 18.2 Å². The van der Waals surface area contributed by atoms with E-state index in [1.807, 2.05) is 6.92 Å². The summed E-state index contributed by atoms with van der Waals surface area (Å²) in [6.07, 6.45) is -0.567. The normalized spacial score (nSPS) is 11.5. The Balaban J connectivity index is 2.65. The number of carboxylic acids is 2. The number of hydrogen-bond acceptors (Lipinski definition) is 3. The van der Waals surface area contributed by atoms with E-state index in [9.17, 15) is 14.4 Å². The van der Waals surface area contributed by atoms with E-state index >= 15 is 0 Å². The third kappa shape index (κ3) is 5.70. The summed E-state index contributed by atoms with van der Waals surface area (Å²) in [7, 11) is 0. The summed E-state index contributed by atoms with van der Waals surface area (Å²) in [5.74, 6) is -2.44. The molecule has 0 saturated carbocycles. The van der Waals surface area contributed by atoms with E-state index in [4.69, 9.17) is 21.8 Å². The smallest absolute Gasteiger partial charge is 0.326 e. The van der Waals surface area contributed by atoms with Crippen molar-refractivity contribution in [2.24, 2.45) is 0 Å². The van der Waals surface area contributed by atoms with Gasteiger partial charge in [0.05, 0.1) is 10.7 Å². The molecule has 0 heterocycles. The van der Waals surface area contributed by atoms with Crippen LogP contribution in [0.3, 0.4) is 0 Å². The fraction of sp³-hybridized carbons (Fsp3) is 0.308. The van der Waals surface area contributed by atoms with Crippen molar-refractivity contribution >= 4 is 35.3 Å². The molecule has 21 heavy (non-hydrogen) atoms. The summed E-state index contributed by atoms with van der Waals surface area (Å²) in [6.45, 7) is 1.84. The Morgan fingerprint density at radius 2 is 1.95 bits per heavy atom. The van der Waals surface area contributed by atoms with Gasteiger partial charge in [-0.3, -0.25) is 4.79 Å². The average Bonchev–Trinajstić information content (AvgIpc) is 2.37. The topological polar surface area (TPSA) is 116 Å². The number of carbonyl (C=O) groups excluding carboxylic acids is 1. The number of urea groups is 1. The summed E-state index contributed by atoms with van der Waals surface area (Å²) in [5, 5.41) is 22.4. The minimum atomic E-state index is -1.30. The molecule has 0 radical (unpaired) electrons. The Bertz CT molecular complexity index is 561. The van der Waals surface area contributed by atoms with E-state index in [-0.39, 0.29) is 12.8 Å². The zero-order valence-electron chi connectivity index (χ0n) is 11.2. The predicted octanol–water partition coefficient (Wildman–Crippen LogP) is 2.09. The second-order valence-electron chi connectivity index (χ2n) is 4.40. The predicted molar refractivity (Wildman–Crippen MR) is 76.6 cm³/mol. The Morgan fingerprint density at radius 3 is 2.48 bits per heavy atom. The Kier molecular flexibility index (Phi) is 5.98. The van der Waals surface area contributed by atoms with Gasteiger partial charge in [0, 0.05) is 6.42 Å². The van der Waals surface area contributed by atoms with E-state index in [0.29, 0.717) is 10.7 Å². The van der Waals surface area contributed by atoms with Gasteiger partial charge < -0.3 is 20.8 Å². The van der Waals surface area contributed by atoms with Gasteiger partial charge in [-0.15, -0.1) is 0 Å². The molecular formula is C13H15ClN2O5. The number of anilines is 1. The zero-order valence-corrected chi connectivity index (χ0v) is 12.0. The standard InChI is InChI=1S/C13H15ClN2O5/c1-7-2-3-9(8(14)6-7)15-13(21)16-10(12(19)20)4-5-11(17)18/h2-3,6,10H,4-5H2,1H3,(H,17,18)(H,19,20)(H2,15,16,21). The number of aliphatic carboxylic acids is 2. The number of halogens is 1. The van der Waals surface area contributed by atoms with Crippen LogP contribution in [0.15, 0.2) is 18.2 Å². The molecule has 1 rings (SSSR count). The molecule has 0 saturated heterocycles. The molecule has 1 unspecified atom stereocenters. The molecule has 4 N–H and O–H groups in total. The van der Waals surface area contributed by atoms with Gasteiger partial charge in [-0.2, -0.15) is 0 Å². The molecular weight excluding hydrogens is 300 g/mol. The van der Waals surface area contributed by atoms with Crippen LogP contribution in [-0.2, 0) is 9.59 Å². The number of carboxylic acid groups (broad SMARTS) is 2. The van der Waals surface area contributed by atoms with Gasteiger partial charge in [-0.1, -0.05) is 17.7 Å². The van der Waals surface area contributed by atoms with E-state index in [1.165, 1.54) is 0 Å². The zero-order chi connectivity index (χ0) is 16.0. The van der Waals surface area contributed by atoms with Gasteiger partial charge in [0.15, 0.2) is 0 Å². The van der Waals surface area contributed by atoms with Crippen LogP contribution in [0, 0.1) is 6.92 Å². The Labute approximate surface area is 125 Å². The van der Waals surface area contributed by atoms with Crippen molar-refractivity contribution in [3.8, 4) is 0 Å². The fourth-order valence-corrected chi connectivity index (χ4v) is 1.85. The number of amides is 2. The molecule has 0 aliphatic heterocycles. The van der Waals surface area contributed by atoms with Gasteiger partial charge >= 0.3 is 18.0 Å². The lowest BCUT2D eigenvalue weighted by Crippen LogP contribution is -2.43. The van der Waals surface area contributed by atoms with Crippen LogP contribution in [0.25, 0.3) is 0 Å². The Hall–Kier alpha value is -2.28. The number of aryl methyl sites for hydroxylation is 1. The van der Waals surface area contributed by atoms with Gasteiger partial charge in [0.1, 0.15) is 6.04 Å². The average molecular weight is 315 g/mol. The summed E-state index contributed by atoms with van der Waals surface area (Å²) in [6, 6.07) is 2.92. The number of benzene rings is 1. The summed E-state index contributed by atoms with van der Waals surface area (Å²) >= 11 is 5.94. The van der Waals surface area contributed by atoms with Gasteiger partial charge in [0.2, 0.25) is 0 Å². The van der Waals surface area contributed by atoms with Crippen molar-refractivity contribution in [1.82, 2.24) is 5.32 Å². The molecule has 114 valence electrons. The van der Waals surface area contributed by atoms with Crippen molar-refractivity contribution in [3.63, 3.8) is 0 Å². The first-order valence-electron chi connectivity index (χ1n) is 6.08. The van der Waals surface area contributed by atoms with Crippen LogP contribution in [0.2, 0.25) is 5.02 Å². The SMILES string of the molecule is Cc1ccc(NC(=O)NC(CCC(=O)O)C(=O)O)c(Cl)c1. The van der Waals surface area contributed by atoms with Gasteiger partial charge in [0.25, 0.3) is 0 Å². The number of rotatable bonds is 6. The third-order valence-corrected chi connectivity index (χ3v) is 2.94. The molecule has 1 aromatic rings. The first-order chi connectivity index (χ1) is 9.79. The summed E-state index contributed by atoms with van der Waals surface area (Å²) in [4.78, 5) is 33.1. The molecule has 1 atom stereocenters. The second-order valence-corrected chi connectivity index (χ2v) is 4.81. The maximum Gasteiger partial charge on any atom is 0.326 e. The summed E-state index contributed by atoms with van der Waals surface area (Å²) in [5.41, 5.74) is 1.25. The molecule has 0 spiro atoms. The Morgan fingerprint density at radius 1 is 1.29 bits per heavy atom. The molecule has 7 nitrogen and oxygen atoms in total. The highest BCUT2D eigenvalue weighted by Crippen LogP contribution is 2.22. The van der Waals surface area contributed by atoms with E-state index in [0.717, 1.165) is 5.56 Å². The van der Waals surface area contributed by atoms with Crippen LogP contribution >= 0.6 is 11.6 Å². The van der Waals surface area contributed by atoms with Crippen molar-refractivity contribution in [2.45, 2.75) is 25.8 Å². The van der Waals surface area contributed by atoms with E-state index in [2.05, 4.69) is 10.6 Å². The molecule has 0 aliphatic carbocycles. The summed E-state index contributed by atoms with van der Waals surface area (Å²) < 4.78 is 0. The van der Waals surface area contributed by atoms with Crippen LogP contribution < -0.4 is 10.6 Å². The van der Waals surface area contributed by atoms with Crippen molar-refractivity contribution in [2.75, 3.05) is 5.32 Å². The van der Waals surface area contributed by atoms with Gasteiger partial charge in [-0.25, -0.2) is 9.59 Å². The van der Waals surface area contributed by atoms with Crippen LogP contribution in [0.5, 0.6) is 0 Å². The monoisotopic (exact) mass is 314 g/mol. The molecule has 2 amide bonds. The maximum absolute atomic E-state index is 11.7. The number of carbonyl (C=O) groups is 3. The van der Waals surface area contributed by atoms with Crippen LogP contribution in [0.4, 0.5) is 10.5 Å². The minimum Gasteiger partial charge on any atom is -0.481 e. The molecule has 0 aliphatic rings. The third-order valence-electron chi connectivity index (χ3n) is 2.62. The largest absolute Gasteiger partial charge is 0.481 e. The van der Waals surface area contributed by atoms with Gasteiger partial charge in [-0.05, 0) is 31.0 Å². The maximum atomic E-state index is 11.7. The second kappa shape index (κ2) is 7.49. The lowest BCUT2D eigenvalue weighted by atomic mass is 10.1. The van der Waals surface area contributed by atoms with E-state index < -0.39 is 24.0 Å². The van der Waals surface area contributed by atoms with Crippen LogP contribution in [-0.4, -0.2) is 34.2 Å². The quantitative estimate of drug-likeness (QED) is 0.641. The number of nitrogens with one attached hydrogen (secondary N) is 2. The number of hydrogen-bond donors (Lipinski definition) is 4.